The molecular weight excluding hydrogens is 176 g/mol. The Kier molecular flexibility index (Phi) is 3.22. The minimum atomic E-state index is 0.367. The number of ether oxygens (including phenoxy) is 1. The van der Waals surface area contributed by atoms with Gasteiger partial charge in [-0.25, -0.2) is 0 Å². The SMILES string of the molecule is CCCOCC(=O)C1C2CCCCC21. The molecule has 2 heteroatoms. The summed E-state index contributed by atoms with van der Waals surface area (Å²) < 4.78 is 5.30. The molecule has 2 aliphatic carbocycles. The highest BCUT2D eigenvalue weighted by Gasteiger charge is 2.54. The first-order valence-electron chi connectivity index (χ1n) is 5.95. The van der Waals surface area contributed by atoms with Gasteiger partial charge < -0.3 is 4.74 Å². The van der Waals surface area contributed by atoms with Crippen LogP contribution in [-0.2, 0) is 9.53 Å². The molecule has 0 saturated heterocycles. The second-order valence-corrected chi connectivity index (χ2v) is 4.66. The molecule has 0 N–H and O–H groups in total. The smallest absolute Gasteiger partial charge is 0.162 e. The quantitative estimate of drug-likeness (QED) is 0.631. The average Bonchev–Trinajstić information content (AvgIpc) is 2.92. The third-order valence-electron chi connectivity index (χ3n) is 3.62. The molecule has 0 aliphatic heterocycles. The van der Waals surface area contributed by atoms with Crippen LogP contribution < -0.4 is 0 Å². The highest BCUT2D eigenvalue weighted by atomic mass is 16.5. The Balaban J connectivity index is 1.71. The first-order valence-corrected chi connectivity index (χ1v) is 5.95. The Labute approximate surface area is 86.0 Å². The molecule has 80 valence electrons. The van der Waals surface area contributed by atoms with Crippen molar-refractivity contribution in [3.8, 4) is 0 Å². The Hall–Kier alpha value is -0.370. The summed E-state index contributed by atoms with van der Waals surface area (Å²) >= 11 is 0. The number of rotatable bonds is 5. The maximum Gasteiger partial charge on any atom is 0.162 e. The molecule has 2 nitrogen and oxygen atoms in total. The van der Waals surface area contributed by atoms with Gasteiger partial charge in [0.2, 0.25) is 0 Å². The van der Waals surface area contributed by atoms with Gasteiger partial charge in [0.25, 0.3) is 0 Å². The predicted octanol–water partition coefficient (Wildman–Crippen LogP) is 2.42. The lowest BCUT2D eigenvalue weighted by atomic mass is 10.0. The minimum Gasteiger partial charge on any atom is -0.374 e. The lowest BCUT2D eigenvalue weighted by Crippen LogP contribution is -2.12. The summed E-state index contributed by atoms with van der Waals surface area (Å²) in [5.74, 6) is 2.23. The first kappa shape index (κ1) is 10.2. The van der Waals surface area contributed by atoms with Crippen molar-refractivity contribution < 1.29 is 9.53 Å². The van der Waals surface area contributed by atoms with Gasteiger partial charge in [-0.3, -0.25) is 4.79 Å². The maximum atomic E-state index is 11.7. The van der Waals surface area contributed by atoms with Gasteiger partial charge in [-0.05, 0) is 31.1 Å². The number of ketones is 1. The third kappa shape index (κ3) is 2.00. The zero-order valence-corrected chi connectivity index (χ0v) is 9.00. The molecule has 0 aromatic rings. The molecule has 2 unspecified atom stereocenters. The highest BCUT2D eigenvalue weighted by molar-refractivity contribution is 5.85. The van der Waals surface area contributed by atoms with Crippen LogP contribution in [0.5, 0.6) is 0 Å². The van der Waals surface area contributed by atoms with Gasteiger partial charge in [0.05, 0.1) is 0 Å². The van der Waals surface area contributed by atoms with E-state index in [1.807, 2.05) is 0 Å². The van der Waals surface area contributed by atoms with Crippen molar-refractivity contribution in [1.29, 1.82) is 0 Å². The van der Waals surface area contributed by atoms with Gasteiger partial charge in [-0.15, -0.1) is 0 Å². The number of hydrogen-bond donors (Lipinski definition) is 0. The fourth-order valence-electron chi connectivity index (χ4n) is 2.88. The van der Waals surface area contributed by atoms with E-state index in [0.717, 1.165) is 24.9 Å². The van der Waals surface area contributed by atoms with Crippen LogP contribution >= 0.6 is 0 Å². The van der Waals surface area contributed by atoms with Crippen LogP contribution in [0.15, 0.2) is 0 Å². The molecule has 14 heavy (non-hydrogen) atoms. The van der Waals surface area contributed by atoms with Crippen LogP contribution in [0.25, 0.3) is 0 Å². The molecule has 0 spiro atoms. The molecule has 0 heterocycles. The summed E-state index contributed by atoms with van der Waals surface area (Å²) in [4.78, 5) is 11.7. The summed E-state index contributed by atoms with van der Waals surface area (Å²) in [5, 5.41) is 0. The maximum absolute atomic E-state index is 11.7. The minimum absolute atomic E-state index is 0.367. The highest BCUT2D eigenvalue weighted by Crippen LogP contribution is 2.55. The van der Waals surface area contributed by atoms with Gasteiger partial charge in [-0.1, -0.05) is 19.8 Å². The Morgan fingerprint density at radius 2 is 1.93 bits per heavy atom. The lowest BCUT2D eigenvalue weighted by Gasteiger charge is -2.04. The monoisotopic (exact) mass is 196 g/mol. The van der Waals surface area contributed by atoms with Crippen molar-refractivity contribution in [2.24, 2.45) is 17.8 Å². The summed E-state index contributed by atoms with van der Waals surface area (Å²) in [6.45, 7) is 3.17. The topological polar surface area (TPSA) is 26.3 Å². The molecule has 2 rings (SSSR count). The zero-order chi connectivity index (χ0) is 9.97. The number of Topliss-reactive ketones (excluding diaryl/α,β-unsaturated/α-hetero) is 1. The van der Waals surface area contributed by atoms with Gasteiger partial charge >= 0.3 is 0 Å². The molecule has 2 aliphatic rings. The normalized spacial score (nSPS) is 35.1. The molecule has 2 atom stereocenters. The van der Waals surface area contributed by atoms with Gasteiger partial charge in [0.1, 0.15) is 6.61 Å². The predicted molar refractivity (Wildman–Crippen MR) is 55.1 cm³/mol. The second kappa shape index (κ2) is 4.43. The van der Waals surface area contributed by atoms with Crippen molar-refractivity contribution in [2.45, 2.75) is 39.0 Å². The van der Waals surface area contributed by atoms with E-state index in [1.54, 1.807) is 0 Å². The lowest BCUT2D eigenvalue weighted by molar-refractivity contribution is -0.125. The Bertz CT molecular complexity index is 200. The average molecular weight is 196 g/mol. The summed E-state index contributed by atoms with van der Waals surface area (Å²) in [5.41, 5.74) is 0. The van der Waals surface area contributed by atoms with Crippen molar-refractivity contribution in [1.82, 2.24) is 0 Å². The Morgan fingerprint density at radius 3 is 2.50 bits per heavy atom. The summed E-state index contributed by atoms with van der Waals surface area (Å²) in [6, 6.07) is 0. The largest absolute Gasteiger partial charge is 0.374 e. The molecular formula is C12H20O2. The van der Waals surface area contributed by atoms with Gasteiger partial charge in [-0.2, -0.15) is 0 Å². The number of fused-ring (bicyclic) bond motifs is 1. The molecule has 0 aromatic heterocycles. The van der Waals surface area contributed by atoms with E-state index in [-0.39, 0.29) is 0 Å². The molecule has 0 radical (unpaired) electrons. The number of carbonyl (C=O) groups is 1. The van der Waals surface area contributed by atoms with E-state index < -0.39 is 0 Å². The molecule has 0 amide bonds. The third-order valence-corrected chi connectivity index (χ3v) is 3.62. The van der Waals surface area contributed by atoms with Crippen molar-refractivity contribution >= 4 is 5.78 Å². The fourth-order valence-corrected chi connectivity index (χ4v) is 2.88. The van der Waals surface area contributed by atoms with Gasteiger partial charge in [0.15, 0.2) is 5.78 Å². The molecule has 0 bridgehead atoms. The van der Waals surface area contributed by atoms with E-state index in [2.05, 4.69) is 6.92 Å². The second-order valence-electron chi connectivity index (χ2n) is 4.66. The van der Waals surface area contributed by atoms with Crippen LogP contribution in [0.4, 0.5) is 0 Å². The van der Waals surface area contributed by atoms with E-state index >= 15 is 0 Å². The van der Waals surface area contributed by atoms with Crippen LogP contribution in [0, 0.1) is 17.8 Å². The van der Waals surface area contributed by atoms with Crippen LogP contribution in [0.3, 0.4) is 0 Å². The number of carbonyl (C=O) groups excluding carboxylic acids is 1. The van der Waals surface area contributed by atoms with E-state index in [9.17, 15) is 4.79 Å². The van der Waals surface area contributed by atoms with Crippen molar-refractivity contribution in [2.75, 3.05) is 13.2 Å². The van der Waals surface area contributed by atoms with Crippen molar-refractivity contribution in [3.05, 3.63) is 0 Å². The first-order chi connectivity index (χ1) is 6.84. The van der Waals surface area contributed by atoms with Gasteiger partial charge in [0, 0.05) is 12.5 Å². The van der Waals surface area contributed by atoms with Crippen molar-refractivity contribution in [3.63, 3.8) is 0 Å². The summed E-state index contributed by atoms with van der Waals surface area (Å²) in [6.07, 6.45) is 6.25. The van der Waals surface area contributed by atoms with E-state index in [1.165, 1.54) is 25.7 Å². The Morgan fingerprint density at radius 1 is 1.29 bits per heavy atom. The van der Waals surface area contributed by atoms with E-state index in [0.29, 0.717) is 18.3 Å². The standard InChI is InChI=1S/C12H20O2/c1-2-7-14-8-11(13)12-9-5-3-4-6-10(9)12/h9-10,12H,2-8H2,1H3. The van der Waals surface area contributed by atoms with E-state index in [4.69, 9.17) is 4.74 Å². The number of hydrogen-bond acceptors (Lipinski definition) is 2. The van der Waals surface area contributed by atoms with Crippen LogP contribution in [0.2, 0.25) is 0 Å². The van der Waals surface area contributed by atoms with Crippen LogP contribution in [-0.4, -0.2) is 19.0 Å². The fraction of sp³-hybridized carbons (Fsp3) is 0.917. The molecule has 2 saturated carbocycles. The summed E-state index contributed by atoms with van der Waals surface area (Å²) in [7, 11) is 0. The molecule has 0 aromatic carbocycles. The van der Waals surface area contributed by atoms with Crippen LogP contribution in [0.1, 0.15) is 39.0 Å². The zero-order valence-electron chi connectivity index (χ0n) is 9.00. The molecule has 2 fully saturated rings.